The second kappa shape index (κ2) is 2.89. The lowest BCUT2D eigenvalue weighted by Gasteiger charge is -2.72. The van der Waals surface area contributed by atoms with Gasteiger partial charge in [0, 0.05) is 12.6 Å². The fraction of sp³-hybridized carbons (Fsp3) is 0.917. The van der Waals surface area contributed by atoms with Crippen molar-refractivity contribution < 1.29 is 4.79 Å². The molecule has 0 aromatic rings. The van der Waals surface area contributed by atoms with Crippen molar-refractivity contribution in [2.75, 3.05) is 7.05 Å². The van der Waals surface area contributed by atoms with Crippen molar-refractivity contribution in [2.45, 2.75) is 52.0 Å². The van der Waals surface area contributed by atoms with Crippen LogP contribution in [-0.2, 0) is 0 Å². The van der Waals surface area contributed by atoms with Crippen molar-refractivity contribution in [2.24, 2.45) is 10.8 Å². The normalized spacial score (nSPS) is 37.6. The fourth-order valence-electron chi connectivity index (χ4n) is 3.75. The summed E-state index contributed by atoms with van der Waals surface area (Å²) in [4.78, 5) is 11.2. The Hall–Kier alpha value is -0.730. The monoisotopic (exact) mass is 210 g/mol. The Balaban J connectivity index is 1.82. The third-order valence-corrected chi connectivity index (χ3v) is 3.65. The predicted octanol–water partition coefficient (Wildman–Crippen LogP) is 2.27. The first-order chi connectivity index (χ1) is 6.78. The van der Waals surface area contributed by atoms with Crippen LogP contribution in [0.5, 0.6) is 0 Å². The molecular formula is C12H22N2O. The van der Waals surface area contributed by atoms with E-state index in [0.29, 0.717) is 10.8 Å². The summed E-state index contributed by atoms with van der Waals surface area (Å²) in [5.74, 6) is 0. The number of nitrogens with one attached hydrogen (secondary N) is 2. The highest BCUT2D eigenvalue weighted by atomic mass is 16.2. The molecule has 0 aromatic carbocycles. The first-order valence-electron chi connectivity index (χ1n) is 5.78. The van der Waals surface area contributed by atoms with Gasteiger partial charge < -0.3 is 10.6 Å². The molecule has 2 bridgehead atoms. The third kappa shape index (κ3) is 1.84. The maximum absolute atomic E-state index is 11.2. The van der Waals surface area contributed by atoms with E-state index >= 15 is 0 Å². The van der Waals surface area contributed by atoms with Crippen LogP contribution < -0.4 is 10.6 Å². The van der Waals surface area contributed by atoms with Gasteiger partial charge in [-0.15, -0.1) is 0 Å². The number of hydrogen-bond acceptors (Lipinski definition) is 1. The Labute approximate surface area is 92.0 Å². The zero-order valence-electron chi connectivity index (χ0n) is 10.2. The largest absolute Gasteiger partial charge is 0.341 e. The van der Waals surface area contributed by atoms with Crippen molar-refractivity contribution in [3.8, 4) is 0 Å². The highest BCUT2D eigenvalue weighted by Crippen LogP contribution is 2.70. The highest BCUT2D eigenvalue weighted by molar-refractivity contribution is 5.75. The molecule has 0 aliphatic heterocycles. The van der Waals surface area contributed by atoms with E-state index in [9.17, 15) is 4.79 Å². The number of urea groups is 1. The first-order valence-corrected chi connectivity index (χ1v) is 5.78. The molecule has 3 rings (SSSR count). The smallest absolute Gasteiger partial charge is 0.314 e. The van der Waals surface area contributed by atoms with Gasteiger partial charge in [-0.05, 0) is 36.5 Å². The molecule has 3 aliphatic rings. The van der Waals surface area contributed by atoms with E-state index in [1.165, 1.54) is 25.7 Å². The first kappa shape index (κ1) is 10.8. The van der Waals surface area contributed by atoms with Crippen LogP contribution in [0.2, 0.25) is 0 Å². The van der Waals surface area contributed by atoms with Crippen molar-refractivity contribution in [3.05, 3.63) is 0 Å². The third-order valence-electron chi connectivity index (χ3n) is 3.65. The average molecular weight is 210 g/mol. The molecule has 3 fully saturated rings. The molecule has 2 amide bonds. The van der Waals surface area contributed by atoms with E-state index in [2.05, 4.69) is 31.4 Å². The number of rotatable bonds is 2. The lowest BCUT2D eigenvalue weighted by atomic mass is 9.37. The maximum Gasteiger partial charge on any atom is 0.314 e. The van der Waals surface area contributed by atoms with Crippen LogP contribution in [0.15, 0.2) is 0 Å². The van der Waals surface area contributed by atoms with Gasteiger partial charge in [0.05, 0.1) is 0 Å². The van der Waals surface area contributed by atoms with Gasteiger partial charge in [0.15, 0.2) is 0 Å². The van der Waals surface area contributed by atoms with E-state index in [1.807, 2.05) is 0 Å². The van der Waals surface area contributed by atoms with Crippen molar-refractivity contribution in [1.29, 1.82) is 0 Å². The highest BCUT2D eigenvalue weighted by Gasteiger charge is 2.68. The van der Waals surface area contributed by atoms with E-state index in [-0.39, 0.29) is 11.6 Å². The minimum absolute atomic E-state index is 0.0286. The van der Waals surface area contributed by atoms with Crippen LogP contribution in [-0.4, -0.2) is 18.6 Å². The number of amides is 2. The van der Waals surface area contributed by atoms with Crippen LogP contribution in [0.3, 0.4) is 0 Å². The molecule has 0 radical (unpaired) electrons. The fourth-order valence-corrected chi connectivity index (χ4v) is 3.75. The SMILES string of the molecule is CNC(=O)NC12CC(CC(C)(C)C)(C1)C2. The lowest BCUT2D eigenvalue weighted by Crippen LogP contribution is -2.75. The van der Waals surface area contributed by atoms with E-state index in [1.54, 1.807) is 7.05 Å². The van der Waals surface area contributed by atoms with Gasteiger partial charge in [-0.1, -0.05) is 20.8 Å². The van der Waals surface area contributed by atoms with Gasteiger partial charge in [0.1, 0.15) is 0 Å². The molecule has 0 unspecified atom stereocenters. The molecule has 0 saturated heterocycles. The summed E-state index contributed by atoms with van der Waals surface area (Å²) in [6.07, 6.45) is 4.84. The molecule has 3 heteroatoms. The Kier molecular flexibility index (Phi) is 2.08. The second-order valence-electron chi connectivity index (χ2n) is 6.75. The van der Waals surface area contributed by atoms with Gasteiger partial charge >= 0.3 is 6.03 Å². The number of carbonyl (C=O) groups excluding carboxylic acids is 1. The van der Waals surface area contributed by atoms with Crippen molar-refractivity contribution >= 4 is 6.03 Å². The summed E-state index contributed by atoms with van der Waals surface area (Å²) in [7, 11) is 1.67. The number of hydrogen-bond donors (Lipinski definition) is 2. The topological polar surface area (TPSA) is 41.1 Å². The summed E-state index contributed by atoms with van der Waals surface area (Å²) in [6.45, 7) is 6.89. The standard InChI is InChI=1S/C12H22N2O/c1-10(2,3)5-11-6-12(7-11,8-11)14-9(15)13-4/h5-8H2,1-4H3,(H2,13,14,15). The molecule has 3 aliphatic carbocycles. The van der Waals surface area contributed by atoms with E-state index in [0.717, 1.165) is 0 Å². The van der Waals surface area contributed by atoms with Gasteiger partial charge in [0.2, 0.25) is 0 Å². The van der Waals surface area contributed by atoms with Gasteiger partial charge in [-0.2, -0.15) is 0 Å². The molecule has 15 heavy (non-hydrogen) atoms. The Bertz CT molecular complexity index is 271. The van der Waals surface area contributed by atoms with Crippen molar-refractivity contribution in [1.82, 2.24) is 10.6 Å². The van der Waals surface area contributed by atoms with Gasteiger partial charge in [0.25, 0.3) is 0 Å². The second-order valence-corrected chi connectivity index (χ2v) is 6.75. The minimum atomic E-state index is -0.0286. The minimum Gasteiger partial charge on any atom is -0.341 e. The summed E-state index contributed by atoms with van der Waals surface area (Å²) < 4.78 is 0. The quantitative estimate of drug-likeness (QED) is 0.721. The molecule has 0 atom stereocenters. The molecule has 0 aromatic heterocycles. The summed E-state index contributed by atoms with van der Waals surface area (Å²) in [5, 5.41) is 5.69. The van der Waals surface area contributed by atoms with Crippen molar-refractivity contribution in [3.63, 3.8) is 0 Å². The molecule has 2 N–H and O–H groups in total. The molecule has 0 spiro atoms. The molecular weight excluding hydrogens is 188 g/mol. The lowest BCUT2D eigenvalue weighted by molar-refractivity contribution is -0.165. The Morgan fingerprint density at radius 1 is 1.27 bits per heavy atom. The van der Waals surface area contributed by atoms with Gasteiger partial charge in [-0.3, -0.25) is 0 Å². The van der Waals surface area contributed by atoms with Crippen LogP contribution in [0.1, 0.15) is 46.5 Å². The summed E-state index contributed by atoms with van der Waals surface area (Å²) >= 11 is 0. The summed E-state index contributed by atoms with van der Waals surface area (Å²) in [6, 6.07) is -0.0286. The van der Waals surface area contributed by atoms with E-state index < -0.39 is 0 Å². The zero-order valence-corrected chi connectivity index (χ0v) is 10.2. The molecule has 86 valence electrons. The molecule has 3 saturated carbocycles. The van der Waals surface area contributed by atoms with Crippen LogP contribution in [0, 0.1) is 10.8 Å². The summed E-state index contributed by atoms with van der Waals surface area (Å²) in [5.41, 5.74) is 1.13. The zero-order chi connectivity index (χ0) is 11.3. The maximum atomic E-state index is 11.2. The van der Waals surface area contributed by atoms with Gasteiger partial charge in [-0.25, -0.2) is 4.79 Å². The van der Waals surface area contributed by atoms with Crippen LogP contribution >= 0.6 is 0 Å². The molecule has 0 heterocycles. The van der Waals surface area contributed by atoms with E-state index in [4.69, 9.17) is 0 Å². The number of carbonyl (C=O) groups is 1. The van der Waals surface area contributed by atoms with Crippen LogP contribution in [0.25, 0.3) is 0 Å². The average Bonchev–Trinajstić information content (AvgIpc) is 1.95. The Morgan fingerprint density at radius 3 is 2.20 bits per heavy atom. The Morgan fingerprint density at radius 2 is 1.80 bits per heavy atom. The van der Waals surface area contributed by atoms with Crippen LogP contribution in [0.4, 0.5) is 4.79 Å². The molecule has 3 nitrogen and oxygen atoms in total. The predicted molar refractivity (Wildman–Crippen MR) is 60.7 cm³/mol.